The number of amides is 1. The van der Waals surface area contributed by atoms with Crippen molar-refractivity contribution in [3.63, 3.8) is 0 Å². The number of carbonyl (C=O) groups is 3. The van der Waals surface area contributed by atoms with Crippen LogP contribution in [0.15, 0.2) is 72.8 Å². The Balaban J connectivity index is 1.82. The highest BCUT2D eigenvalue weighted by Crippen LogP contribution is 2.35. The Morgan fingerprint density at radius 1 is 0.912 bits per heavy atom. The molecule has 1 amide bonds. The van der Waals surface area contributed by atoms with Gasteiger partial charge in [0, 0.05) is 12.2 Å². The molecule has 0 saturated carbocycles. The lowest BCUT2D eigenvalue weighted by atomic mass is 10.0. The van der Waals surface area contributed by atoms with E-state index in [0.717, 1.165) is 16.7 Å². The molecule has 0 aliphatic rings. The topological polar surface area (TPSA) is 101 Å². The number of fused-ring (bicyclic) bond motifs is 1. The van der Waals surface area contributed by atoms with Crippen molar-refractivity contribution in [3.05, 3.63) is 89.6 Å². The van der Waals surface area contributed by atoms with Gasteiger partial charge < -0.3 is 19.8 Å². The quantitative estimate of drug-likeness (QED) is 0.246. The Kier molecular flexibility index (Phi) is 6.45. The summed E-state index contributed by atoms with van der Waals surface area (Å²) in [6.45, 7) is 1.89. The summed E-state index contributed by atoms with van der Waals surface area (Å²) in [5.74, 6) is -2.13. The fourth-order valence-corrected chi connectivity index (χ4v) is 4.08. The summed E-state index contributed by atoms with van der Waals surface area (Å²) in [6, 6.07) is 23.4. The average Bonchev–Trinajstić information content (AvgIpc) is 3.14. The summed E-state index contributed by atoms with van der Waals surface area (Å²) in [5, 5.41) is 0.437. The van der Waals surface area contributed by atoms with Crippen LogP contribution in [0, 0.1) is 6.92 Å². The minimum absolute atomic E-state index is 0.169. The zero-order valence-electron chi connectivity index (χ0n) is 18.9. The number of nitrogens with two attached hydrogens (primary N) is 1. The van der Waals surface area contributed by atoms with Crippen LogP contribution in [0.2, 0.25) is 0 Å². The smallest absolute Gasteiger partial charge is 0.343 e. The van der Waals surface area contributed by atoms with Gasteiger partial charge in [-0.25, -0.2) is 4.79 Å². The molecule has 4 aromatic rings. The first-order chi connectivity index (χ1) is 16.4. The third-order valence-corrected chi connectivity index (χ3v) is 5.71. The van der Waals surface area contributed by atoms with Crippen LogP contribution < -0.4 is 10.5 Å². The molecule has 0 spiro atoms. The number of hydrogen-bond donors (Lipinski definition) is 1. The largest absolute Gasteiger partial charge is 0.481 e. The number of aromatic nitrogens is 1. The van der Waals surface area contributed by atoms with Crippen LogP contribution in [0.5, 0.6) is 5.75 Å². The second-order valence-electron chi connectivity index (χ2n) is 7.82. The van der Waals surface area contributed by atoms with E-state index in [-0.39, 0.29) is 12.2 Å². The van der Waals surface area contributed by atoms with Gasteiger partial charge in [-0.15, -0.1) is 0 Å². The number of benzene rings is 3. The zero-order chi connectivity index (χ0) is 24.2. The predicted molar refractivity (Wildman–Crippen MR) is 129 cm³/mol. The first kappa shape index (κ1) is 22.8. The Bertz CT molecular complexity index is 1390. The summed E-state index contributed by atoms with van der Waals surface area (Å²) in [4.78, 5) is 36.2. The Hall–Kier alpha value is -4.39. The van der Waals surface area contributed by atoms with Gasteiger partial charge in [0.1, 0.15) is 5.75 Å². The van der Waals surface area contributed by atoms with Crippen molar-refractivity contribution in [2.24, 2.45) is 5.73 Å². The lowest BCUT2D eigenvalue weighted by Crippen LogP contribution is -2.24. The zero-order valence-corrected chi connectivity index (χ0v) is 18.9. The van der Waals surface area contributed by atoms with E-state index >= 15 is 0 Å². The minimum Gasteiger partial charge on any atom is -0.481 e. The number of ether oxygens (including phenoxy) is 2. The number of methoxy groups -OCH3 is 1. The standard InChI is InChI=1S/C27H24N2O5/c1-17-24(26(31)27(28)32)25-21(12-7-13-22(25)34-16-23(30)33-2)29(17)15-18-8-6-11-20(14-18)19-9-4-3-5-10-19/h3-14H,15-16H2,1-2H3,(H2,28,32). The number of ketones is 1. The molecule has 2 N–H and O–H groups in total. The van der Waals surface area contributed by atoms with Gasteiger partial charge >= 0.3 is 5.97 Å². The van der Waals surface area contributed by atoms with Gasteiger partial charge in [-0.1, -0.05) is 54.6 Å². The minimum atomic E-state index is -1.06. The molecule has 3 aromatic carbocycles. The second-order valence-corrected chi connectivity index (χ2v) is 7.82. The van der Waals surface area contributed by atoms with Gasteiger partial charge in [0.25, 0.3) is 11.7 Å². The highest BCUT2D eigenvalue weighted by atomic mass is 16.6. The Morgan fingerprint density at radius 3 is 2.32 bits per heavy atom. The number of carbonyl (C=O) groups excluding carboxylic acids is 3. The lowest BCUT2D eigenvalue weighted by molar-refractivity contribution is -0.142. The summed E-state index contributed by atoms with van der Waals surface area (Å²) in [5.41, 5.74) is 9.98. The molecule has 0 bridgehead atoms. The van der Waals surface area contributed by atoms with E-state index in [1.165, 1.54) is 7.11 Å². The summed E-state index contributed by atoms with van der Waals surface area (Å²) >= 11 is 0. The number of rotatable bonds is 8. The molecule has 4 rings (SSSR count). The third kappa shape index (κ3) is 4.41. The molecule has 172 valence electrons. The monoisotopic (exact) mass is 456 g/mol. The summed E-state index contributed by atoms with van der Waals surface area (Å²) < 4.78 is 12.2. The first-order valence-corrected chi connectivity index (χ1v) is 10.7. The van der Waals surface area contributed by atoms with Crippen molar-refractivity contribution < 1.29 is 23.9 Å². The van der Waals surface area contributed by atoms with Crippen molar-refractivity contribution in [2.75, 3.05) is 13.7 Å². The van der Waals surface area contributed by atoms with Crippen molar-refractivity contribution in [1.82, 2.24) is 4.57 Å². The lowest BCUT2D eigenvalue weighted by Gasteiger charge is -2.11. The molecule has 7 nitrogen and oxygen atoms in total. The van der Waals surface area contributed by atoms with Gasteiger partial charge in [0.15, 0.2) is 6.61 Å². The fraction of sp³-hybridized carbons (Fsp3) is 0.148. The number of primary amides is 1. The van der Waals surface area contributed by atoms with Crippen LogP contribution in [0.4, 0.5) is 0 Å². The van der Waals surface area contributed by atoms with E-state index in [9.17, 15) is 14.4 Å². The molecule has 0 aliphatic heterocycles. The molecule has 0 aliphatic carbocycles. The third-order valence-electron chi connectivity index (χ3n) is 5.71. The van der Waals surface area contributed by atoms with Crippen LogP contribution in [0.1, 0.15) is 21.6 Å². The second kappa shape index (κ2) is 9.62. The number of Topliss-reactive ketones (excluding diaryl/α,β-unsaturated/α-hetero) is 1. The average molecular weight is 456 g/mol. The molecule has 0 fully saturated rings. The predicted octanol–water partition coefficient (Wildman–Crippen LogP) is 3.88. The number of nitrogens with zero attached hydrogens (tertiary/aromatic N) is 1. The molecular weight excluding hydrogens is 432 g/mol. The van der Waals surface area contributed by atoms with Gasteiger partial charge in [0.2, 0.25) is 0 Å². The van der Waals surface area contributed by atoms with E-state index in [0.29, 0.717) is 28.9 Å². The molecule has 7 heteroatoms. The molecule has 34 heavy (non-hydrogen) atoms. The Morgan fingerprint density at radius 2 is 1.62 bits per heavy atom. The van der Waals surface area contributed by atoms with E-state index < -0.39 is 17.7 Å². The molecule has 1 heterocycles. The van der Waals surface area contributed by atoms with Gasteiger partial charge in [-0.05, 0) is 41.8 Å². The maximum atomic E-state index is 12.8. The molecule has 0 radical (unpaired) electrons. The normalized spacial score (nSPS) is 10.8. The molecule has 0 unspecified atom stereocenters. The van der Waals surface area contributed by atoms with Gasteiger partial charge in [0.05, 0.1) is 23.6 Å². The van der Waals surface area contributed by atoms with Crippen LogP contribution in [0.25, 0.3) is 22.0 Å². The van der Waals surface area contributed by atoms with Gasteiger partial charge in [-0.3, -0.25) is 9.59 Å². The molecular formula is C27H24N2O5. The van der Waals surface area contributed by atoms with Gasteiger partial charge in [-0.2, -0.15) is 0 Å². The van der Waals surface area contributed by atoms with Crippen molar-refractivity contribution >= 4 is 28.6 Å². The van der Waals surface area contributed by atoms with E-state index in [1.807, 2.05) is 59.2 Å². The van der Waals surface area contributed by atoms with E-state index in [4.69, 9.17) is 10.5 Å². The molecule has 1 aromatic heterocycles. The maximum absolute atomic E-state index is 12.8. The van der Waals surface area contributed by atoms with Crippen LogP contribution >= 0.6 is 0 Å². The van der Waals surface area contributed by atoms with Crippen molar-refractivity contribution in [3.8, 4) is 16.9 Å². The highest BCUT2D eigenvalue weighted by molar-refractivity contribution is 6.45. The van der Waals surface area contributed by atoms with Crippen molar-refractivity contribution in [2.45, 2.75) is 13.5 Å². The van der Waals surface area contributed by atoms with Crippen LogP contribution in [-0.4, -0.2) is 35.9 Å². The summed E-state index contributed by atoms with van der Waals surface area (Å²) in [6.07, 6.45) is 0. The van der Waals surface area contributed by atoms with Crippen molar-refractivity contribution in [1.29, 1.82) is 0 Å². The fourth-order valence-electron chi connectivity index (χ4n) is 4.08. The Labute approximate surface area is 196 Å². The van der Waals surface area contributed by atoms with E-state index in [2.05, 4.69) is 10.8 Å². The maximum Gasteiger partial charge on any atom is 0.343 e. The number of hydrogen-bond acceptors (Lipinski definition) is 5. The first-order valence-electron chi connectivity index (χ1n) is 10.7. The SMILES string of the molecule is COC(=O)COc1cccc2c1c(C(=O)C(N)=O)c(C)n2Cc1cccc(-c2ccccc2)c1. The molecule has 0 saturated heterocycles. The molecule has 0 atom stereocenters. The van der Waals surface area contributed by atoms with Crippen LogP contribution in [0.3, 0.4) is 0 Å². The highest BCUT2D eigenvalue weighted by Gasteiger charge is 2.26. The van der Waals surface area contributed by atoms with E-state index in [1.54, 1.807) is 19.1 Å². The summed E-state index contributed by atoms with van der Waals surface area (Å²) in [7, 11) is 1.26. The number of esters is 1. The van der Waals surface area contributed by atoms with Crippen LogP contribution in [-0.2, 0) is 20.9 Å².